The van der Waals surface area contributed by atoms with Crippen molar-refractivity contribution >= 4 is 0 Å². The molecule has 2 nitrogen and oxygen atoms in total. The van der Waals surface area contributed by atoms with Crippen molar-refractivity contribution in [3.63, 3.8) is 0 Å². The summed E-state index contributed by atoms with van der Waals surface area (Å²) in [5, 5.41) is 7.67. The topological polar surface area (TPSA) is 26.1 Å². The first-order valence-electron chi connectivity index (χ1n) is 3.30. The largest absolute Gasteiger partial charge is 1.00 e. The third-order valence-electron chi connectivity index (χ3n) is 2.16. The Morgan fingerprint density at radius 1 is 1.33 bits per heavy atom. The fraction of sp³-hybridized carbons (Fsp3) is 1.00. The summed E-state index contributed by atoms with van der Waals surface area (Å²) in [4.78, 5) is 0. The molecule has 2 heterocycles. The molecule has 0 aromatic rings. The van der Waals surface area contributed by atoms with E-state index in [-0.39, 0.29) is 58.2 Å². The van der Waals surface area contributed by atoms with Crippen LogP contribution in [0.3, 0.4) is 0 Å². The fourth-order valence-electron chi connectivity index (χ4n) is 1.52. The third kappa shape index (κ3) is 1.66. The molecular weight excluding hydrogens is 186 g/mol. The molecule has 0 aliphatic carbocycles. The normalized spacial score (nSPS) is 29.3. The zero-order valence-corrected chi connectivity index (χ0v) is 10.9. The smallest absolute Gasteiger partial charge is 0.659 e. The molecule has 1 spiro atoms. The van der Waals surface area contributed by atoms with Gasteiger partial charge in [-0.15, -0.1) is 13.1 Å². The molecule has 9 heavy (non-hydrogen) atoms. The van der Waals surface area contributed by atoms with E-state index in [4.69, 9.17) is 0 Å². The van der Waals surface area contributed by atoms with Crippen LogP contribution in [0.25, 0.3) is 5.32 Å². The quantitative estimate of drug-likeness (QED) is 0.456. The first-order valence-corrected chi connectivity index (χ1v) is 3.30. The summed E-state index contributed by atoms with van der Waals surface area (Å²) in [6.45, 7) is 3.37. The average Bonchev–Trinajstić information content (AvgIpc) is 2.07. The second-order valence-electron chi connectivity index (χ2n) is 2.85. The van der Waals surface area contributed by atoms with E-state index in [0.717, 1.165) is 13.1 Å². The molecule has 2 fully saturated rings. The Kier molecular flexibility index (Phi) is 3.35. The van der Waals surface area contributed by atoms with E-state index in [9.17, 15) is 0 Å². The summed E-state index contributed by atoms with van der Waals surface area (Å²) in [6, 6.07) is 0. The molecule has 0 aromatic carbocycles. The van der Waals surface area contributed by atoms with Crippen LogP contribution in [0.5, 0.6) is 0 Å². The molecule has 46 valence electrons. The molecule has 0 bridgehead atoms. The molecule has 0 radical (unpaired) electrons. The van der Waals surface area contributed by atoms with Crippen LogP contribution in [0, 0.1) is 0 Å². The minimum atomic E-state index is 0. The molecule has 2 saturated heterocycles. The fourth-order valence-corrected chi connectivity index (χ4v) is 1.52. The van der Waals surface area contributed by atoms with Gasteiger partial charge in [-0.05, 0) is 24.9 Å². The van der Waals surface area contributed by atoms with Gasteiger partial charge in [-0.25, -0.2) is 0 Å². The molecule has 0 aromatic heterocycles. The Morgan fingerprint density at radius 2 is 2.11 bits per heavy atom. The van der Waals surface area contributed by atoms with Gasteiger partial charge < -0.3 is 10.6 Å². The van der Waals surface area contributed by atoms with E-state index in [1.807, 2.05) is 0 Å². The molecule has 0 unspecified atom stereocenters. The van der Waals surface area contributed by atoms with Crippen molar-refractivity contribution in [2.45, 2.75) is 18.4 Å². The second kappa shape index (κ2) is 3.41. The molecule has 2 aliphatic rings. The summed E-state index contributed by atoms with van der Waals surface area (Å²) >= 11 is 0. The maximum absolute atomic E-state index is 4.19. The number of nitrogens with zero attached hydrogens (tertiary/aromatic N) is 1. The van der Waals surface area contributed by atoms with Crippen LogP contribution in [-0.2, 0) is 0 Å². The van der Waals surface area contributed by atoms with Crippen LogP contribution in [0.4, 0.5) is 0 Å². The van der Waals surface area contributed by atoms with E-state index in [1.54, 1.807) is 0 Å². The Hall–Kier alpha value is 1.73. The van der Waals surface area contributed by atoms with Gasteiger partial charge in [-0.2, -0.15) is 0 Å². The Balaban J connectivity index is 0.000000405. The number of hydrogen-bond donors (Lipinski definition) is 1. The van der Waals surface area contributed by atoms with Crippen LogP contribution in [0.1, 0.15) is 12.8 Å². The van der Waals surface area contributed by atoms with Gasteiger partial charge in [-0.3, -0.25) is 0 Å². The van der Waals surface area contributed by atoms with E-state index in [1.165, 1.54) is 19.4 Å². The number of nitrogens with one attached hydrogen (secondary N) is 1. The predicted octanol–water partition coefficient (Wildman–Crippen LogP) is -2.50. The number of rotatable bonds is 0. The summed E-state index contributed by atoms with van der Waals surface area (Å²) < 4.78 is 0. The summed E-state index contributed by atoms with van der Waals surface area (Å²) in [5.74, 6) is 0. The first kappa shape index (κ1) is 8.82. The average molecular weight is 197 g/mol. The molecule has 0 atom stereocenters. The summed E-state index contributed by atoms with van der Waals surface area (Å²) in [7, 11) is 0. The van der Waals surface area contributed by atoms with E-state index in [0.29, 0.717) is 5.54 Å². The molecule has 0 saturated carbocycles. The van der Waals surface area contributed by atoms with Crippen LogP contribution >= 0.6 is 0 Å². The van der Waals surface area contributed by atoms with Gasteiger partial charge in [0.2, 0.25) is 0 Å². The molecule has 2 rings (SSSR count). The van der Waals surface area contributed by atoms with Crippen LogP contribution in [0.15, 0.2) is 0 Å². The maximum Gasteiger partial charge on any atom is 1.00 e. The molecule has 1 N–H and O–H groups in total. The van der Waals surface area contributed by atoms with Crippen LogP contribution in [0.2, 0.25) is 0 Å². The van der Waals surface area contributed by atoms with E-state index < -0.39 is 0 Å². The SMILES string of the molecule is C1CNC2(C1)C[N-]C2.[Rb+]. The van der Waals surface area contributed by atoms with Gasteiger partial charge in [0.1, 0.15) is 0 Å². The molecule has 2 aliphatic heterocycles. The van der Waals surface area contributed by atoms with Gasteiger partial charge in [0.15, 0.2) is 0 Å². The predicted molar refractivity (Wildman–Crippen MR) is 33.1 cm³/mol. The van der Waals surface area contributed by atoms with Crippen molar-refractivity contribution in [2.75, 3.05) is 19.6 Å². The van der Waals surface area contributed by atoms with Gasteiger partial charge in [-0.1, -0.05) is 0 Å². The maximum atomic E-state index is 4.19. The monoisotopic (exact) mass is 196 g/mol. The molecule has 0 amide bonds. The third-order valence-corrected chi connectivity index (χ3v) is 2.16. The van der Waals surface area contributed by atoms with E-state index >= 15 is 0 Å². The first-order chi connectivity index (χ1) is 3.91. The summed E-state index contributed by atoms with van der Waals surface area (Å²) in [5.41, 5.74) is 0.500. The van der Waals surface area contributed by atoms with Crippen molar-refractivity contribution in [1.29, 1.82) is 0 Å². The van der Waals surface area contributed by atoms with Gasteiger partial charge >= 0.3 is 58.2 Å². The van der Waals surface area contributed by atoms with E-state index in [2.05, 4.69) is 10.6 Å². The van der Waals surface area contributed by atoms with Crippen molar-refractivity contribution in [3.8, 4) is 0 Å². The van der Waals surface area contributed by atoms with Crippen molar-refractivity contribution < 1.29 is 58.2 Å². The standard InChI is InChI=1S/C6H11N2.Rb/c1-2-6(8-3-1)4-7-5-6;/h8H,1-5H2;/q-1;+1. The zero-order chi connectivity index (χ0) is 5.45. The summed E-state index contributed by atoms with van der Waals surface area (Å²) in [6.07, 6.45) is 2.71. The zero-order valence-electron chi connectivity index (χ0n) is 5.98. The Bertz CT molecular complexity index is 93.2. The van der Waals surface area contributed by atoms with Gasteiger partial charge in [0.25, 0.3) is 0 Å². The van der Waals surface area contributed by atoms with Crippen molar-refractivity contribution in [2.24, 2.45) is 0 Å². The Labute approximate surface area is 105 Å². The molecular formula is C6H11N2Rb. The van der Waals surface area contributed by atoms with Gasteiger partial charge in [0.05, 0.1) is 0 Å². The molecule has 3 heteroatoms. The van der Waals surface area contributed by atoms with Crippen molar-refractivity contribution in [3.05, 3.63) is 5.32 Å². The minimum absolute atomic E-state index is 0. The van der Waals surface area contributed by atoms with Crippen LogP contribution in [-0.4, -0.2) is 25.2 Å². The van der Waals surface area contributed by atoms with Crippen LogP contribution < -0.4 is 63.5 Å². The number of hydrogen-bond acceptors (Lipinski definition) is 1. The van der Waals surface area contributed by atoms with Crippen molar-refractivity contribution in [1.82, 2.24) is 5.32 Å². The van der Waals surface area contributed by atoms with Gasteiger partial charge in [0, 0.05) is 0 Å². The Morgan fingerprint density at radius 3 is 2.33 bits per heavy atom. The minimum Gasteiger partial charge on any atom is -0.659 e. The second-order valence-corrected chi connectivity index (χ2v) is 2.85.